The van der Waals surface area contributed by atoms with E-state index in [1.807, 2.05) is 30.3 Å². The van der Waals surface area contributed by atoms with E-state index >= 15 is 0 Å². The molecule has 106 valence electrons. The standard InChI is InChI=1S/C16H25NO2/c18-13-16(9-5-2-6-10-16)12-17-11-15(19)14-7-3-1-4-8-14/h1,3-4,7-8,15,17-19H,2,5-6,9-13H2. The first-order valence-electron chi connectivity index (χ1n) is 7.30. The number of aliphatic hydroxyl groups is 2. The summed E-state index contributed by atoms with van der Waals surface area (Å²) in [5, 5.41) is 23.0. The molecule has 1 aromatic carbocycles. The van der Waals surface area contributed by atoms with Gasteiger partial charge >= 0.3 is 0 Å². The van der Waals surface area contributed by atoms with E-state index in [9.17, 15) is 10.2 Å². The van der Waals surface area contributed by atoms with Gasteiger partial charge < -0.3 is 15.5 Å². The Balaban J connectivity index is 1.79. The van der Waals surface area contributed by atoms with E-state index < -0.39 is 6.10 Å². The third-order valence-electron chi connectivity index (χ3n) is 4.27. The second-order valence-electron chi connectivity index (χ2n) is 5.78. The van der Waals surface area contributed by atoms with Crippen molar-refractivity contribution in [1.29, 1.82) is 0 Å². The van der Waals surface area contributed by atoms with Crippen molar-refractivity contribution in [3.05, 3.63) is 35.9 Å². The molecule has 1 fully saturated rings. The lowest BCUT2D eigenvalue weighted by atomic mass is 9.74. The Bertz CT molecular complexity index is 360. The summed E-state index contributed by atoms with van der Waals surface area (Å²) >= 11 is 0. The fraction of sp³-hybridized carbons (Fsp3) is 0.625. The predicted octanol–water partition coefficient (Wildman–Crippen LogP) is 2.25. The van der Waals surface area contributed by atoms with Gasteiger partial charge in [0.2, 0.25) is 0 Å². The summed E-state index contributed by atoms with van der Waals surface area (Å²) in [5.41, 5.74) is 0.978. The van der Waals surface area contributed by atoms with Crippen LogP contribution in [0.25, 0.3) is 0 Å². The quantitative estimate of drug-likeness (QED) is 0.738. The van der Waals surface area contributed by atoms with E-state index in [2.05, 4.69) is 5.32 Å². The first-order valence-corrected chi connectivity index (χ1v) is 7.30. The molecule has 0 bridgehead atoms. The molecule has 1 aliphatic rings. The molecule has 0 heterocycles. The van der Waals surface area contributed by atoms with Crippen LogP contribution < -0.4 is 5.32 Å². The maximum atomic E-state index is 10.1. The van der Waals surface area contributed by atoms with Crippen LogP contribution in [0.2, 0.25) is 0 Å². The van der Waals surface area contributed by atoms with Crippen molar-refractivity contribution in [1.82, 2.24) is 5.32 Å². The minimum atomic E-state index is -0.472. The van der Waals surface area contributed by atoms with E-state index in [1.165, 1.54) is 19.3 Å². The lowest BCUT2D eigenvalue weighted by Crippen LogP contribution is -2.40. The molecule has 19 heavy (non-hydrogen) atoms. The smallest absolute Gasteiger partial charge is 0.0914 e. The van der Waals surface area contributed by atoms with Crippen molar-refractivity contribution in [3.8, 4) is 0 Å². The van der Waals surface area contributed by atoms with E-state index in [4.69, 9.17) is 0 Å². The monoisotopic (exact) mass is 263 g/mol. The van der Waals surface area contributed by atoms with Crippen molar-refractivity contribution in [3.63, 3.8) is 0 Å². The third-order valence-corrected chi connectivity index (χ3v) is 4.27. The molecular weight excluding hydrogens is 238 g/mol. The Morgan fingerprint density at radius 1 is 1.11 bits per heavy atom. The molecule has 0 saturated heterocycles. The maximum absolute atomic E-state index is 10.1. The molecule has 1 saturated carbocycles. The summed E-state index contributed by atoms with van der Waals surface area (Å²) < 4.78 is 0. The minimum absolute atomic E-state index is 0.0364. The largest absolute Gasteiger partial charge is 0.396 e. The van der Waals surface area contributed by atoms with Gasteiger partial charge in [-0.3, -0.25) is 0 Å². The molecule has 3 N–H and O–H groups in total. The summed E-state index contributed by atoms with van der Waals surface area (Å²) in [6.07, 6.45) is 5.43. The van der Waals surface area contributed by atoms with Gasteiger partial charge in [0.15, 0.2) is 0 Å². The molecule has 1 aromatic rings. The van der Waals surface area contributed by atoms with Gasteiger partial charge in [-0.25, -0.2) is 0 Å². The summed E-state index contributed by atoms with van der Waals surface area (Å²) in [6, 6.07) is 9.71. The molecular formula is C16H25NO2. The highest BCUT2D eigenvalue weighted by molar-refractivity contribution is 5.17. The maximum Gasteiger partial charge on any atom is 0.0914 e. The molecule has 0 radical (unpaired) electrons. The first kappa shape index (κ1) is 14.5. The molecule has 3 nitrogen and oxygen atoms in total. The number of rotatable bonds is 6. The fourth-order valence-corrected chi connectivity index (χ4v) is 2.96. The summed E-state index contributed by atoms with van der Waals surface area (Å²) in [5.74, 6) is 0. The van der Waals surface area contributed by atoms with Crippen LogP contribution in [0.15, 0.2) is 30.3 Å². The zero-order chi connectivity index (χ0) is 13.6. The highest BCUT2D eigenvalue weighted by atomic mass is 16.3. The second kappa shape index (κ2) is 7.04. The minimum Gasteiger partial charge on any atom is -0.396 e. The average molecular weight is 263 g/mol. The van der Waals surface area contributed by atoms with Crippen LogP contribution in [0, 0.1) is 5.41 Å². The topological polar surface area (TPSA) is 52.5 Å². The fourth-order valence-electron chi connectivity index (χ4n) is 2.96. The van der Waals surface area contributed by atoms with Crippen LogP contribution in [0.5, 0.6) is 0 Å². The van der Waals surface area contributed by atoms with Crippen molar-refractivity contribution in [2.45, 2.75) is 38.2 Å². The molecule has 1 atom stereocenters. The Morgan fingerprint density at radius 2 is 1.79 bits per heavy atom. The number of nitrogens with one attached hydrogen (secondary N) is 1. The summed E-state index contributed by atoms with van der Waals surface area (Å²) in [7, 11) is 0. The summed E-state index contributed by atoms with van der Waals surface area (Å²) in [6.45, 7) is 1.60. The van der Waals surface area contributed by atoms with Gasteiger partial charge in [0, 0.05) is 25.1 Å². The molecule has 0 amide bonds. The zero-order valence-corrected chi connectivity index (χ0v) is 11.5. The van der Waals surface area contributed by atoms with Gasteiger partial charge in [0.1, 0.15) is 0 Å². The Kier molecular flexibility index (Phi) is 5.37. The van der Waals surface area contributed by atoms with E-state index in [1.54, 1.807) is 0 Å². The Labute approximate surface area is 115 Å². The van der Waals surface area contributed by atoms with Crippen LogP contribution in [0.1, 0.15) is 43.8 Å². The van der Waals surface area contributed by atoms with Crippen LogP contribution in [-0.4, -0.2) is 29.9 Å². The molecule has 1 unspecified atom stereocenters. The SMILES string of the molecule is OCC1(CNCC(O)c2ccccc2)CCCCC1. The normalized spacial score (nSPS) is 20.1. The lowest BCUT2D eigenvalue weighted by Gasteiger charge is -2.36. The number of hydrogen-bond acceptors (Lipinski definition) is 3. The Hall–Kier alpha value is -0.900. The van der Waals surface area contributed by atoms with Crippen LogP contribution >= 0.6 is 0 Å². The number of hydrogen-bond donors (Lipinski definition) is 3. The second-order valence-corrected chi connectivity index (χ2v) is 5.78. The van der Waals surface area contributed by atoms with E-state index in [-0.39, 0.29) is 12.0 Å². The average Bonchev–Trinajstić information content (AvgIpc) is 2.49. The zero-order valence-electron chi connectivity index (χ0n) is 11.5. The van der Waals surface area contributed by atoms with Crippen molar-refractivity contribution < 1.29 is 10.2 Å². The van der Waals surface area contributed by atoms with Crippen molar-refractivity contribution >= 4 is 0 Å². The van der Waals surface area contributed by atoms with E-state index in [0.717, 1.165) is 24.9 Å². The molecule has 1 aliphatic carbocycles. The Morgan fingerprint density at radius 3 is 2.42 bits per heavy atom. The van der Waals surface area contributed by atoms with Gasteiger partial charge in [-0.05, 0) is 18.4 Å². The van der Waals surface area contributed by atoms with Crippen LogP contribution in [-0.2, 0) is 0 Å². The molecule has 0 aromatic heterocycles. The first-order chi connectivity index (χ1) is 9.26. The number of aliphatic hydroxyl groups excluding tert-OH is 2. The highest BCUT2D eigenvalue weighted by Crippen LogP contribution is 2.35. The van der Waals surface area contributed by atoms with Crippen molar-refractivity contribution in [2.24, 2.45) is 5.41 Å². The highest BCUT2D eigenvalue weighted by Gasteiger charge is 2.30. The van der Waals surface area contributed by atoms with Gasteiger partial charge in [-0.15, -0.1) is 0 Å². The van der Waals surface area contributed by atoms with Gasteiger partial charge in [-0.2, -0.15) is 0 Å². The number of benzene rings is 1. The lowest BCUT2D eigenvalue weighted by molar-refractivity contribution is 0.0757. The third kappa shape index (κ3) is 4.03. The summed E-state index contributed by atoms with van der Waals surface area (Å²) in [4.78, 5) is 0. The molecule has 2 rings (SSSR count). The van der Waals surface area contributed by atoms with Gasteiger partial charge in [0.05, 0.1) is 6.10 Å². The molecule has 0 aliphatic heterocycles. The van der Waals surface area contributed by atoms with Crippen LogP contribution in [0.3, 0.4) is 0 Å². The molecule has 0 spiro atoms. The molecule has 3 heteroatoms. The van der Waals surface area contributed by atoms with Gasteiger partial charge in [-0.1, -0.05) is 49.6 Å². The predicted molar refractivity (Wildman–Crippen MR) is 76.9 cm³/mol. The van der Waals surface area contributed by atoms with Gasteiger partial charge in [0.25, 0.3) is 0 Å². The van der Waals surface area contributed by atoms with Crippen LogP contribution in [0.4, 0.5) is 0 Å². The van der Waals surface area contributed by atoms with E-state index in [0.29, 0.717) is 6.54 Å². The van der Waals surface area contributed by atoms with Crippen molar-refractivity contribution in [2.75, 3.05) is 19.7 Å².